The van der Waals surface area contributed by atoms with Gasteiger partial charge in [0.15, 0.2) is 0 Å². The number of allylic oxidation sites excluding steroid dienone is 1. The van der Waals surface area contributed by atoms with E-state index in [4.69, 9.17) is 5.73 Å². The molecule has 0 saturated carbocycles. The Kier molecular flexibility index (Phi) is 6.52. The molecule has 0 aromatic carbocycles. The molecule has 2 N–H and O–H groups in total. The molecule has 0 aliphatic rings. The fourth-order valence-corrected chi connectivity index (χ4v) is 2.95. The summed E-state index contributed by atoms with van der Waals surface area (Å²) in [4.78, 5) is 0. The molecule has 0 aliphatic carbocycles. The molecule has 0 spiro atoms. The highest BCUT2D eigenvalue weighted by Crippen LogP contribution is 2.24. The van der Waals surface area contributed by atoms with Crippen molar-refractivity contribution in [1.82, 2.24) is 0 Å². The zero-order valence-corrected chi connectivity index (χ0v) is 11.9. The van der Waals surface area contributed by atoms with Crippen LogP contribution in [0.3, 0.4) is 0 Å². The van der Waals surface area contributed by atoms with Gasteiger partial charge in [-0.1, -0.05) is 18.9 Å². The Morgan fingerprint density at radius 3 is 2.87 bits per heavy atom. The van der Waals surface area contributed by atoms with E-state index in [0.29, 0.717) is 0 Å². The van der Waals surface area contributed by atoms with Crippen LogP contribution >= 0.6 is 33.9 Å². The van der Waals surface area contributed by atoms with E-state index in [1.165, 1.54) is 27.7 Å². The lowest BCUT2D eigenvalue weighted by molar-refractivity contribution is 0.573. The Morgan fingerprint density at radius 1 is 1.47 bits per heavy atom. The predicted molar refractivity (Wildman–Crippen MR) is 77.2 cm³/mol. The number of rotatable bonds is 7. The summed E-state index contributed by atoms with van der Waals surface area (Å²) in [6.07, 6.45) is 7.95. The fraction of sp³-hybridized carbons (Fsp3) is 0.500. The molecule has 0 bridgehead atoms. The Labute approximate surface area is 110 Å². The molecule has 0 saturated heterocycles. The van der Waals surface area contributed by atoms with Gasteiger partial charge in [-0.05, 0) is 58.9 Å². The molecular weight excluding hydrogens is 317 g/mol. The molecule has 1 heterocycles. The van der Waals surface area contributed by atoms with Crippen LogP contribution < -0.4 is 5.73 Å². The first-order chi connectivity index (χ1) is 7.24. The summed E-state index contributed by atoms with van der Waals surface area (Å²) in [6, 6.07) is 2.42. The van der Waals surface area contributed by atoms with E-state index in [2.05, 4.69) is 40.6 Å². The second-order valence-corrected chi connectivity index (χ2v) is 6.52. The van der Waals surface area contributed by atoms with E-state index in [-0.39, 0.29) is 6.04 Å². The third kappa shape index (κ3) is 5.13. The molecule has 1 atom stereocenters. The topological polar surface area (TPSA) is 26.0 Å². The molecule has 1 unspecified atom stereocenters. The maximum Gasteiger partial charge on any atom is 0.0656 e. The Morgan fingerprint density at radius 2 is 2.27 bits per heavy atom. The van der Waals surface area contributed by atoms with E-state index in [1.54, 1.807) is 11.3 Å². The zero-order valence-electron chi connectivity index (χ0n) is 8.92. The van der Waals surface area contributed by atoms with Crippen LogP contribution in [0.2, 0.25) is 0 Å². The highest BCUT2D eigenvalue weighted by Gasteiger charge is 2.07. The summed E-state index contributed by atoms with van der Waals surface area (Å²) in [7, 11) is 0. The summed E-state index contributed by atoms with van der Waals surface area (Å²) >= 11 is 4.12. The summed E-state index contributed by atoms with van der Waals surface area (Å²) < 4.78 is 1.32. The maximum absolute atomic E-state index is 6.11. The van der Waals surface area contributed by atoms with Gasteiger partial charge in [-0.2, -0.15) is 0 Å². The van der Waals surface area contributed by atoms with Crippen molar-refractivity contribution < 1.29 is 0 Å². The quantitative estimate of drug-likeness (QED) is 0.443. The normalized spacial score (nSPS) is 12.7. The van der Waals surface area contributed by atoms with Crippen molar-refractivity contribution in [3.05, 3.63) is 32.5 Å². The van der Waals surface area contributed by atoms with Crippen LogP contribution in [0, 0.1) is 2.88 Å². The van der Waals surface area contributed by atoms with Gasteiger partial charge >= 0.3 is 0 Å². The van der Waals surface area contributed by atoms with Gasteiger partial charge < -0.3 is 5.73 Å². The van der Waals surface area contributed by atoms with E-state index in [0.717, 1.165) is 12.8 Å². The zero-order chi connectivity index (χ0) is 11.1. The van der Waals surface area contributed by atoms with Gasteiger partial charge in [-0.3, -0.25) is 0 Å². The Bertz CT molecular complexity index is 296. The number of halogens is 1. The minimum absolute atomic E-state index is 0.230. The molecule has 3 heteroatoms. The number of unbranched alkanes of at least 4 members (excludes halogenated alkanes) is 3. The van der Waals surface area contributed by atoms with Crippen LogP contribution in [0.25, 0.3) is 0 Å². The molecule has 15 heavy (non-hydrogen) atoms. The SMILES string of the molecule is C=CCCCCCC(N)c1csc(I)c1. The average molecular weight is 335 g/mol. The van der Waals surface area contributed by atoms with E-state index < -0.39 is 0 Å². The smallest absolute Gasteiger partial charge is 0.0656 e. The van der Waals surface area contributed by atoms with Gasteiger partial charge in [0.25, 0.3) is 0 Å². The number of thiophene rings is 1. The van der Waals surface area contributed by atoms with Crippen molar-refractivity contribution in [2.24, 2.45) is 5.73 Å². The van der Waals surface area contributed by atoms with E-state index in [9.17, 15) is 0 Å². The van der Waals surface area contributed by atoms with Gasteiger partial charge in [-0.15, -0.1) is 17.9 Å². The second kappa shape index (κ2) is 7.41. The average Bonchev–Trinajstić information content (AvgIpc) is 2.64. The van der Waals surface area contributed by atoms with Crippen LogP contribution in [0.5, 0.6) is 0 Å². The number of hydrogen-bond donors (Lipinski definition) is 1. The highest BCUT2D eigenvalue weighted by atomic mass is 127. The summed E-state index contributed by atoms with van der Waals surface area (Å²) in [5.41, 5.74) is 7.41. The molecule has 1 nitrogen and oxygen atoms in total. The van der Waals surface area contributed by atoms with Gasteiger partial charge in [0.1, 0.15) is 0 Å². The lowest BCUT2D eigenvalue weighted by Crippen LogP contribution is -2.08. The van der Waals surface area contributed by atoms with Crippen molar-refractivity contribution in [2.75, 3.05) is 0 Å². The molecule has 1 aromatic heterocycles. The molecule has 0 radical (unpaired) electrons. The Hall–Kier alpha value is 0.130. The molecule has 0 amide bonds. The van der Waals surface area contributed by atoms with Gasteiger partial charge in [-0.25, -0.2) is 0 Å². The van der Waals surface area contributed by atoms with Gasteiger partial charge in [0.05, 0.1) is 2.88 Å². The molecule has 1 rings (SSSR count). The lowest BCUT2D eigenvalue weighted by atomic mass is 10.0. The number of hydrogen-bond acceptors (Lipinski definition) is 2. The first-order valence-electron chi connectivity index (χ1n) is 5.34. The molecule has 1 aromatic rings. The summed E-state index contributed by atoms with van der Waals surface area (Å²) in [6.45, 7) is 3.72. The minimum Gasteiger partial charge on any atom is -0.324 e. The van der Waals surface area contributed by atoms with Gasteiger partial charge in [0.2, 0.25) is 0 Å². The molecular formula is C12H18INS. The van der Waals surface area contributed by atoms with Crippen molar-refractivity contribution >= 4 is 33.9 Å². The largest absolute Gasteiger partial charge is 0.324 e. The highest BCUT2D eigenvalue weighted by molar-refractivity contribution is 14.1. The maximum atomic E-state index is 6.11. The van der Waals surface area contributed by atoms with Crippen LogP contribution in [0.1, 0.15) is 43.7 Å². The van der Waals surface area contributed by atoms with Crippen molar-refractivity contribution in [1.29, 1.82) is 0 Å². The third-order valence-corrected chi connectivity index (χ3v) is 4.25. The Balaban J connectivity index is 2.18. The fourth-order valence-electron chi connectivity index (χ4n) is 1.51. The molecule has 84 valence electrons. The van der Waals surface area contributed by atoms with Crippen molar-refractivity contribution in [3.63, 3.8) is 0 Å². The van der Waals surface area contributed by atoms with E-state index in [1.807, 2.05) is 6.08 Å². The summed E-state index contributed by atoms with van der Waals surface area (Å²) in [5.74, 6) is 0. The first kappa shape index (κ1) is 13.2. The second-order valence-electron chi connectivity index (χ2n) is 3.72. The standard InChI is InChI=1S/C12H18INS/c1-2-3-4-5-6-7-11(14)10-8-12(13)15-9-10/h2,8-9,11H,1,3-7,14H2. The van der Waals surface area contributed by atoms with Gasteiger partial charge in [0, 0.05) is 6.04 Å². The lowest BCUT2D eigenvalue weighted by Gasteiger charge is -2.08. The first-order valence-corrected chi connectivity index (χ1v) is 7.30. The molecule has 0 aliphatic heterocycles. The van der Waals surface area contributed by atoms with Crippen molar-refractivity contribution in [2.45, 2.75) is 38.1 Å². The van der Waals surface area contributed by atoms with E-state index >= 15 is 0 Å². The van der Waals surface area contributed by atoms with Crippen molar-refractivity contribution in [3.8, 4) is 0 Å². The predicted octanol–water partition coefficient (Wildman–Crippen LogP) is 4.49. The number of nitrogens with two attached hydrogens (primary N) is 1. The van der Waals surface area contributed by atoms with Crippen LogP contribution in [0.4, 0.5) is 0 Å². The molecule has 0 fully saturated rings. The van der Waals surface area contributed by atoms with Crippen LogP contribution in [0.15, 0.2) is 24.1 Å². The minimum atomic E-state index is 0.230. The third-order valence-electron chi connectivity index (χ3n) is 2.44. The van der Waals surface area contributed by atoms with Crippen LogP contribution in [-0.2, 0) is 0 Å². The monoisotopic (exact) mass is 335 g/mol. The summed E-state index contributed by atoms with van der Waals surface area (Å²) in [5, 5.41) is 2.18. The van der Waals surface area contributed by atoms with Crippen LogP contribution in [-0.4, -0.2) is 0 Å².